The zero-order valence-corrected chi connectivity index (χ0v) is 17.8. The van der Waals surface area contributed by atoms with Crippen molar-refractivity contribution >= 4 is 33.3 Å². The third-order valence-corrected chi connectivity index (χ3v) is 5.52. The largest absolute Gasteiger partial charge is 0.462 e. The van der Waals surface area contributed by atoms with Crippen LogP contribution in [0.25, 0.3) is 0 Å². The van der Waals surface area contributed by atoms with Crippen molar-refractivity contribution < 1.29 is 22.7 Å². The highest BCUT2D eigenvalue weighted by Gasteiger charge is 2.31. The second-order valence-electron chi connectivity index (χ2n) is 6.56. The number of hydrogen-bond acceptors (Lipinski definition) is 5. The Bertz CT molecular complexity index is 974. The van der Waals surface area contributed by atoms with Crippen molar-refractivity contribution in [3.63, 3.8) is 0 Å². The van der Waals surface area contributed by atoms with Crippen molar-refractivity contribution in [3.8, 4) is 0 Å². The number of benzene rings is 2. The van der Waals surface area contributed by atoms with Gasteiger partial charge in [-0.1, -0.05) is 25.1 Å². The van der Waals surface area contributed by atoms with Gasteiger partial charge in [0.1, 0.15) is 6.04 Å². The molecule has 2 aromatic rings. The molecule has 7 nitrogen and oxygen atoms in total. The molecule has 156 valence electrons. The molecule has 1 atom stereocenters. The number of ether oxygens (including phenoxy) is 1. The average molecular weight is 419 g/mol. The van der Waals surface area contributed by atoms with Gasteiger partial charge in [0.25, 0.3) is 0 Å². The lowest BCUT2D eigenvalue weighted by Gasteiger charge is -2.30. The minimum Gasteiger partial charge on any atom is -0.462 e. The molecule has 0 bridgehead atoms. The van der Waals surface area contributed by atoms with Crippen molar-refractivity contribution in [3.05, 3.63) is 59.7 Å². The first kappa shape index (κ1) is 22.4. The molecular formula is C21H26N2O5S. The lowest BCUT2D eigenvalue weighted by Crippen LogP contribution is -2.47. The molecule has 8 heteroatoms. The monoisotopic (exact) mass is 418 g/mol. The fourth-order valence-corrected chi connectivity index (χ4v) is 4.21. The molecule has 0 aliphatic heterocycles. The molecule has 2 rings (SSSR count). The molecule has 29 heavy (non-hydrogen) atoms. The van der Waals surface area contributed by atoms with Crippen molar-refractivity contribution in [2.24, 2.45) is 0 Å². The molecule has 0 saturated heterocycles. The standard InChI is InChI=1S/C21H26N2O5S/c1-5-19(23(29(4,26)27)17-10-8-7-9-11-17)20(24)22-18-13-12-16(14-15(18)3)21(25)28-6-2/h7-14,19H,5-6H2,1-4H3,(H,22,24). The van der Waals surface area contributed by atoms with Crippen LogP contribution in [0.2, 0.25) is 0 Å². The first-order valence-corrected chi connectivity index (χ1v) is 11.2. The summed E-state index contributed by atoms with van der Waals surface area (Å²) in [5.74, 6) is -0.888. The smallest absolute Gasteiger partial charge is 0.338 e. The Morgan fingerprint density at radius 2 is 1.76 bits per heavy atom. The van der Waals surface area contributed by atoms with Crippen LogP contribution < -0.4 is 9.62 Å². The number of hydrogen-bond donors (Lipinski definition) is 1. The van der Waals surface area contributed by atoms with E-state index in [-0.39, 0.29) is 13.0 Å². The van der Waals surface area contributed by atoms with Gasteiger partial charge >= 0.3 is 5.97 Å². The molecule has 0 radical (unpaired) electrons. The summed E-state index contributed by atoms with van der Waals surface area (Å²) in [6, 6.07) is 12.4. The van der Waals surface area contributed by atoms with Gasteiger partial charge in [0, 0.05) is 5.69 Å². The molecule has 1 unspecified atom stereocenters. The highest BCUT2D eigenvalue weighted by atomic mass is 32.2. The number of esters is 1. The number of carbonyl (C=O) groups is 2. The van der Waals surface area contributed by atoms with Crippen LogP contribution in [0.3, 0.4) is 0 Å². The molecule has 0 aromatic heterocycles. The van der Waals surface area contributed by atoms with E-state index in [9.17, 15) is 18.0 Å². The first-order valence-electron chi connectivity index (χ1n) is 9.32. The number of carbonyl (C=O) groups excluding carboxylic acids is 2. The number of anilines is 2. The molecule has 0 saturated carbocycles. The molecule has 2 aromatic carbocycles. The van der Waals surface area contributed by atoms with Crippen LogP contribution >= 0.6 is 0 Å². The predicted molar refractivity (Wildman–Crippen MR) is 114 cm³/mol. The van der Waals surface area contributed by atoms with Crippen LogP contribution in [0.1, 0.15) is 36.2 Å². The van der Waals surface area contributed by atoms with E-state index in [4.69, 9.17) is 4.74 Å². The summed E-state index contributed by atoms with van der Waals surface area (Å²) in [6.07, 6.45) is 1.36. The molecule has 0 fully saturated rings. The number of aryl methyl sites for hydroxylation is 1. The van der Waals surface area contributed by atoms with E-state index in [1.54, 1.807) is 69.3 Å². The van der Waals surface area contributed by atoms with Crippen molar-refractivity contribution in [1.82, 2.24) is 0 Å². The summed E-state index contributed by atoms with van der Waals surface area (Å²) >= 11 is 0. The second kappa shape index (κ2) is 9.56. The zero-order valence-electron chi connectivity index (χ0n) is 17.0. The van der Waals surface area contributed by atoms with E-state index >= 15 is 0 Å². The Morgan fingerprint density at radius 1 is 1.10 bits per heavy atom. The van der Waals surface area contributed by atoms with Crippen LogP contribution in [-0.2, 0) is 19.6 Å². The topological polar surface area (TPSA) is 92.8 Å². The number of nitrogens with zero attached hydrogens (tertiary/aromatic N) is 1. The Kier molecular flexibility index (Phi) is 7.39. The second-order valence-corrected chi connectivity index (χ2v) is 8.42. The fraction of sp³-hybridized carbons (Fsp3) is 0.333. The summed E-state index contributed by atoms with van der Waals surface area (Å²) in [7, 11) is -3.69. The third kappa shape index (κ3) is 5.57. The maximum atomic E-state index is 13.0. The highest BCUT2D eigenvalue weighted by Crippen LogP contribution is 2.24. The van der Waals surface area contributed by atoms with Gasteiger partial charge in [-0.05, 0) is 56.2 Å². The molecule has 1 N–H and O–H groups in total. The van der Waals surface area contributed by atoms with Crippen molar-refractivity contribution in [2.45, 2.75) is 33.2 Å². The van der Waals surface area contributed by atoms with Crippen molar-refractivity contribution in [1.29, 1.82) is 0 Å². The van der Waals surface area contributed by atoms with Crippen LogP contribution in [0.15, 0.2) is 48.5 Å². The quantitative estimate of drug-likeness (QED) is 0.664. The van der Waals surface area contributed by atoms with Crippen LogP contribution in [0.5, 0.6) is 0 Å². The molecular weight excluding hydrogens is 392 g/mol. The Balaban J connectivity index is 2.30. The first-order chi connectivity index (χ1) is 13.7. The van der Waals surface area contributed by atoms with Crippen LogP contribution in [0, 0.1) is 6.92 Å². The van der Waals surface area contributed by atoms with Gasteiger partial charge in [-0.3, -0.25) is 9.10 Å². The van der Waals surface area contributed by atoms with Gasteiger partial charge in [0.05, 0.1) is 24.1 Å². The normalized spacial score (nSPS) is 12.1. The number of rotatable bonds is 8. The Hall–Kier alpha value is -2.87. The van der Waals surface area contributed by atoms with Gasteiger partial charge in [0.15, 0.2) is 0 Å². The van der Waals surface area contributed by atoms with E-state index < -0.39 is 27.9 Å². The van der Waals surface area contributed by atoms with E-state index in [1.807, 2.05) is 0 Å². The van der Waals surface area contributed by atoms with Gasteiger partial charge in [0.2, 0.25) is 15.9 Å². The van der Waals surface area contributed by atoms with E-state index in [1.165, 1.54) is 0 Å². The Morgan fingerprint density at radius 3 is 2.28 bits per heavy atom. The maximum absolute atomic E-state index is 13.0. The fourth-order valence-electron chi connectivity index (χ4n) is 3.00. The average Bonchev–Trinajstić information content (AvgIpc) is 2.67. The summed E-state index contributed by atoms with van der Waals surface area (Å²) in [5.41, 5.74) is 1.98. The molecule has 0 aliphatic rings. The predicted octanol–water partition coefficient (Wildman–Crippen LogP) is 3.36. The van der Waals surface area contributed by atoms with E-state index in [2.05, 4.69) is 5.32 Å². The van der Waals surface area contributed by atoms with Crippen LogP contribution in [-0.4, -0.2) is 39.2 Å². The Labute approximate surface area is 171 Å². The van der Waals surface area contributed by atoms with Gasteiger partial charge in [-0.2, -0.15) is 0 Å². The van der Waals surface area contributed by atoms with E-state index in [0.717, 1.165) is 10.6 Å². The summed E-state index contributed by atoms with van der Waals surface area (Å²) in [6.45, 7) is 5.51. The van der Waals surface area contributed by atoms with E-state index in [0.29, 0.717) is 22.5 Å². The molecule has 0 heterocycles. The molecule has 0 spiro atoms. The van der Waals surface area contributed by atoms with Gasteiger partial charge in [-0.25, -0.2) is 13.2 Å². The SMILES string of the molecule is CCOC(=O)c1ccc(NC(=O)C(CC)N(c2ccccc2)S(C)(=O)=O)c(C)c1. The number of amides is 1. The number of sulfonamides is 1. The number of para-hydroxylation sites is 1. The minimum absolute atomic E-state index is 0.273. The molecule has 0 aliphatic carbocycles. The minimum atomic E-state index is -3.69. The third-order valence-electron chi connectivity index (χ3n) is 4.34. The lowest BCUT2D eigenvalue weighted by molar-refractivity contribution is -0.117. The summed E-state index contributed by atoms with van der Waals surface area (Å²) < 4.78 is 31.0. The maximum Gasteiger partial charge on any atom is 0.338 e. The summed E-state index contributed by atoms with van der Waals surface area (Å²) in [4.78, 5) is 24.8. The lowest BCUT2D eigenvalue weighted by atomic mass is 10.1. The van der Waals surface area contributed by atoms with Crippen LogP contribution in [0.4, 0.5) is 11.4 Å². The number of nitrogens with one attached hydrogen (secondary N) is 1. The molecule has 1 amide bonds. The summed E-state index contributed by atoms with van der Waals surface area (Å²) in [5, 5.41) is 2.78. The zero-order chi connectivity index (χ0) is 21.6. The van der Waals surface area contributed by atoms with Crippen molar-refractivity contribution in [2.75, 3.05) is 22.5 Å². The van der Waals surface area contributed by atoms with Gasteiger partial charge < -0.3 is 10.1 Å². The van der Waals surface area contributed by atoms with Gasteiger partial charge in [-0.15, -0.1) is 0 Å². The highest BCUT2D eigenvalue weighted by molar-refractivity contribution is 7.92.